The third kappa shape index (κ3) is 2.92. The minimum absolute atomic E-state index is 0.747. The minimum atomic E-state index is 0.747. The third-order valence-corrected chi connectivity index (χ3v) is 3.40. The maximum atomic E-state index is 4.10. The first-order chi connectivity index (χ1) is 7.79. The Kier molecular flexibility index (Phi) is 4.12. The van der Waals surface area contributed by atoms with E-state index < -0.39 is 0 Å². The van der Waals surface area contributed by atoms with Crippen LogP contribution in [0.2, 0.25) is 0 Å². The molecule has 84 valence electrons. The molecule has 2 aromatic rings. The first kappa shape index (κ1) is 11.8. The van der Waals surface area contributed by atoms with Crippen LogP contribution in [0.15, 0.2) is 34.9 Å². The van der Waals surface area contributed by atoms with Gasteiger partial charge in [0.05, 0.1) is 12.2 Å². The van der Waals surface area contributed by atoms with Crippen LogP contribution in [-0.2, 0) is 13.0 Å². The summed E-state index contributed by atoms with van der Waals surface area (Å²) in [5, 5.41) is 9.11. The van der Waals surface area contributed by atoms with Crippen LogP contribution < -0.4 is 0 Å². The predicted molar refractivity (Wildman–Crippen MR) is 70.8 cm³/mol. The summed E-state index contributed by atoms with van der Waals surface area (Å²) in [6, 6.07) is 8.14. The number of rotatable bonds is 4. The Labute approximate surface area is 111 Å². The van der Waals surface area contributed by atoms with Crippen LogP contribution in [-0.4, -0.2) is 20.3 Å². The molecule has 0 fully saturated rings. The van der Waals surface area contributed by atoms with Crippen molar-refractivity contribution in [1.29, 1.82) is 0 Å². The lowest BCUT2D eigenvalue weighted by atomic mass is 10.2. The van der Waals surface area contributed by atoms with Gasteiger partial charge in [0.15, 0.2) is 0 Å². The highest BCUT2D eigenvalue weighted by molar-refractivity contribution is 9.10. The summed E-state index contributed by atoms with van der Waals surface area (Å²) in [6.07, 6.45) is 2.90. The van der Waals surface area contributed by atoms with E-state index in [9.17, 15) is 0 Å². The van der Waals surface area contributed by atoms with Crippen LogP contribution in [0.3, 0.4) is 0 Å². The van der Waals surface area contributed by atoms with Crippen molar-refractivity contribution in [2.45, 2.75) is 13.0 Å². The van der Waals surface area contributed by atoms with Gasteiger partial charge in [-0.15, -0.1) is 5.10 Å². The zero-order valence-electron chi connectivity index (χ0n) is 8.61. The summed E-state index contributed by atoms with van der Waals surface area (Å²) in [5.74, 6) is 0. The van der Waals surface area contributed by atoms with Gasteiger partial charge in [0.25, 0.3) is 0 Å². The monoisotopic (exact) mass is 343 g/mol. The van der Waals surface area contributed by atoms with Crippen LogP contribution in [0.1, 0.15) is 11.3 Å². The van der Waals surface area contributed by atoms with E-state index >= 15 is 0 Å². The fourth-order valence-corrected chi connectivity index (χ4v) is 2.24. The van der Waals surface area contributed by atoms with Crippen LogP contribution in [0.4, 0.5) is 0 Å². The van der Waals surface area contributed by atoms with E-state index in [2.05, 4.69) is 48.2 Å². The van der Waals surface area contributed by atoms with Crippen LogP contribution in [0, 0.1) is 0 Å². The SMILES string of the molecule is BrCCc1cn(Cc2ccccc2Br)nn1. The Morgan fingerprint density at radius 2 is 2.06 bits per heavy atom. The van der Waals surface area contributed by atoms with Crippen molar-refractivity contribution < 1.29 is 0 Å². The summed E-state index contributed by atoms with van der Waals surface area (Å²) in [6.45, 7) is 0.747. The average Bonchev–Trinajstić information content (AvgIpc) is 2.70. The van der Waals surface area contributed by atoms with Gasteiger partial charge in [0, 0.05) is 22.4 Å². The van der Waals surface area contributed by atoms with Crippen molar-refractivity contribution in [3.8, 4) is 0 Å². The highest BCUT2D eigenvalue weighted by Gasteiger charge is 2.03. The maximum absolute atomic E-state index is 4.10. The second-order valence-corrected chi connectivity index (χ2v) is 5.09. The van der Waals surface area contributed by atoms with Gasteiger partial charge in [-0.1, -0.05) is 55.3 Å². The van der Waals surface area contributed by atoms with E-state index in [0.717, 1.165) is 28.5 Å². The minimum Gasteiger partial charge on any atom is -0.248 e. The number of benzene rings is 1. The number of hydrogen-bond donors (Lipinski definition) is 0. The number of aromatic nitrogens is 3. The molecule has 1 aromatic heterocycles. The average molecular weight is 345 g/mol. The van der Waals surface area contributed by atoms with E-state index in [4.69, 9.17) is 0 Å². The molecule has 2 rings (SSSR count). The van der Waals surface area contributed by atoms with Gasteiger partial charge >= 0.3 is 0 Å². The van der Waals surface area contributed by atoms with E-state index in [0.29, 0.717) is 0 Å². The fourth-order valence-electron chi connectivity index (χ4n) is 1.43. The van der Waals surface area contributed by atoms with Crippen LogP contribution in [0.5, 0.6) is 0 Å². The van der Waals surface area contributed by atoms with Gasteiger partial charge in [0.2, 0.25) is 0 Å². The molecule has 1 aromatic carbocycles. The van der Waals surface area contributed by atoms with Gasteiger partial charge in [-0.3, -0.25) is 0 Å². The van der Waals surface area contributed by atoms with Crippen molar-refractivity contribution in [2.75, 3.05) is 5.33 Å². The second-order valence-electron chi connectivity index (χ2n) is 3.44. The molecule has 0 N–H and O–H groups in total. The predicted octanol–water partition coefficient (Wildman–Crippen LogP) is 3.03. The Morgan fingerprint density at radius 1 is 1.25 bits per heavy atom. The topological polar surface area (TPSA) is 30.7 Å². The van der Waals surface area contributed by atoms with Crippen molar-refractivity contribution >= 4 is 31.9 Å². The quantitative estimate of drug-likeness (QED) is 0.798. The van der Waals surface area contributed by atoms with E-state index in [-0.39, 0.29) is 0 Å². The molecule has 1 heterocycles. The molecule has 0 aliphatic carbocycles. The number of alkyl halides is 1. The van der Waals surface area contributed by atoms with Crippen LogP contribution in [0.25, 0.3) is 0 Å². The largest absolute Gasteiger partial charge is 0.248 e. The molecule has 0 aliphatic rings. The van der Waals surface area contributed by atoms with E-state index in [1.165, 1.54) is 5.56 Å². The van der Waals surface area contributed by atoms with Crippen LogP contribution >= 0.6 is 31.9 Å². The molecule has 0 bridgehead atoms. The summed E-state index contributed by atoms with van der Waals surface area (Å²) in [7, 11) is 0. The van der Waals surface area contributed by atoms with E-state index in [1.54, 1.807) is 0 Å². The molecule has 3 nitrogen and oxygen atoms in total. The van der Waals surface area contributed by atoms with Gasteiger partial charge in [-0.2, -0.15) is 0 Å². The summed E-state index contributed by atoms with van der Waals surface area (Å²) in [5.41, 5.74) is 2.22. The Morgan fingerprint density at radius 3 is 2.81 bits per heavy atom. The Bertz CT molecular complexity index is 468. The first-order valence-corrected chi connectivity index (χ1v) is 6.89. The van der Waals surface area contributed by atoms with Gasteiger partial charge < -0.3 is 0 Å². The molecule has 0 radical (unpaired) electrons. The van der Waals surface area contributed by atoms with E-state index in [1.807, 2.05) is 29.1 Å². The Balaban J connectivity index is 2.11. The highest BCUT2D eigenvalue weighted by Crippen LogP contribution is 2.16. The second kappa shape index (κ2) is 5.59. The number of nitrogens with zero attached hydrogens (tertiary/aromatic N) is 3. The van der Waals surface area contributed by atoms with Crippen molar-refractivity contribution in [2.24, 2.45) is 0 Å². The molecular weight excluding hydrogens is 334 g/mol. The lowest BCUT2D eigenvalue weighted by Gasteiger charge is -2.02. The van der Waals surface area contributed by atoms with Crippen molar-refractivity contribution in [3.63, 3.8) is 0 Å². The molecule has 0 saturated heterocycles. The molecule has 16 heavy (non-hydrogen) atoms. The summed E-state index contributed by atoms with van der Waals surface area (Å²) >= 11 is 6.91. The third-order valence-electron chi connectivity index (χ3n) is 2.23. The molecule has 0 spiro atoms. The summed E-state index contributed by atoms with van der Waals surface area (Å²) in [4.78, 5) is 0. The van der Waals surface area contributed by atoms with Crippen molar-refractivity contribution in [1.82, 2.24) is 15.0 Å². The normalized spacial score (nSPS) is 10.6. The zero-order valence-corrected chi connectivity index (χ0v) is 11.8. The molecule has 0 aliphatic heterocycles. The molecule has 0 atom stereocenters. The lowest BCUT2D eigenvalue weighted by Crippen LogP contribution is -2.00. The molecule has 0 amide bonds. The molecule has 0 unspecified atom stereocenters. The Hall–Kier alpha value is -0.680. The van der Waals surface area contributed by atoms with Gasteiger partial charge in [0.1, 0.15) is 0 Å². The molecule has 5 heteroatoms. The highest BCUT2D eigenvalue weighted by atomic mass is 79.9. The van der Waals surface area contributed by atoms with Gasteiger partial charge in [-0.25, -0.2) is 4.68 Å². The smallest absolute Gasteiger partial charge is 0.0835 e. The number of halogens is 2. The number of hydrogen-bond acceptors (Lipinski definition) is 2. The lowest BCUT2D eigenvalue weighted by molar-refractivity contribution is 0.648. The summed E-state index contributed by atoms with van der Waals surface area (Å²) < 4.78 is 2.96. The zero-order chi connectivity index (χ0) is 11.4. The maximum Gasteiger partial charge on any atom is 0.0835 e. The fraction of sp³-hybridized carbons (Fsp3) is 0.273. The van der Waals surface area contributed by atoms with Gasteiger partial charge in [-0.05, 0) is 11.6 Å². The molecular formula is C11H11Br2N3. The standard InChI is InChI=1S/C11H11Br2N3/c12-6-5-10-8-16(15-14-10)7-9-3-1-2-4-11(9)13/h1-4,8H,5-7H2. The number of aryl methyl sites for hydroxylation is 1. The molecule has 0 saturated carbocycles. The van der Waals surface area contributed by atoms with Crippen molar-refractivity contribution in [3.05, 3.63) is 46.2 Å². The first-order valence-electron chi connectivity index (χ1n) is 4.98.